The molecule has 11 heteroatoms. The van der Waals surface area contributed by atoms with Gasteiger partial charge in [0, 0.05) is 22.4 Å². The van der Waals surface area contributed by atoms with Crippen molar-refractivity contribution in [3.63, 3.8) is 0 Å². The van der Waals surface area contributed by atoms with Gasteiger partial charge in [-0.2, -0.15) is 11.8 Å². The SMILES string of the molecule is CCOC(=O)CNC(=O)C(CSCc1ccc(Br)cc1)NC(=O)CCC(N)C(=O)OCC. The maximum atomic E-state index is 12.6. The summed E-state index contributed by atoms with van der Waals surface area (Å²) in [5, 5.41) is 5.14. The molecule has 0 aliphatic rings. The van der Waals surface area contributed by atoms with Crippen LogP contribution < -0.4 is 16.4 Å². The smallest absolute Gasteiger partial charge is 0.325 e. The van der Waals surface area contributed by atoms with Gasteiger partial charge in [-0.05, 0) is 38.0 Å². The van der Waals surface area contributed by atoms with E-state index in [1.165, 1.54) is 11.8 Å². The highest BCUT2D eigenvalue weighted by molar-refractivity contribution is 9.10. The number of hydrogen-bond donors (Lipinski definition) is 3. The van der Waals surface area contributed by atoms with Crippen LogP contribution >= 0.6 is 27.7 Å². The van der Waals surface area contributed by atoms with Gasteiger partial charge in [-0.1, -0.05) is 28.1 Å². The van der Waals surface area contributed by atoms with E-state index in [9.17, 15) is 19.2 Å². The van der Waals surface area contributed by atoms with Crippen molar-refractivity contribution in [3.8, 4) is 0 Å². The summed E-state index contributed by atoms with van der Waals surface area (Å²) >= 11 is 4.85. The predicted octanol–water partition coefficient (Wildman–Crippen LogP) is 1.52. The van der Waals surface area contributed by atoms with Crippen molar-refractivity contribution in [2.24, 2.45) is 5.73 Å². The summed E-state index contributed by atoms with van der Waals surface area (Å²) in [6.07, 6.45) is 0.0485. The van der Waals surface area contributed by atoms with Gasteiger partial charge in [-0.25, -0.2) is 0 Å². The van der Waals surface area contributed by atoms with Crippen LogP contribution in [-0.2, 0) is 34.4 Å². The van der Waals surface area contributed by atoms with E-state index in [0.29, 0.717) is 11.5 Å². The predicted molar refractivity (Wildman–Crippen MR) is 126 cm³/mol. The molecule has 0 heterocycles. The fourth-order valence-electron chi connectivity index (χ4n) is 2.47. The van der Waals surface area contributed by atoms with Crippen LogP contribution in [0.2, 0.25) is 0 Å². The van der Waals surface area contributed by atoms with E-state index in [1.54, 1.807) is 13.8 Å². The Morgan fingerprint density at radius 2 is 1.75 bits per heavy atom. The fourth-order valence-corrected chi connectivity index (χ4v) is 3.75. The molecule has 0 aromatic heterocycles. The van der Waals surface area contributed by atoms with Gasteiger partial charge in [0.1, 0.15) is 18.6 Å². The largest absolute Gasteiger partial charge is 0.465 e. The van der Waals surface area contributed by atoms with E-state index < -0.39 is 35.8 Å². The highest BCUT2D eigenvalue weighted by Crippen LogP contribution is 2.16. The summed E-state index contributed by atoms with van der Waals surface area (Å²) in [6.45, 7) is 3.46. The first-order chi connectivity index (χ1) is 15.3. The Morgan fingerprint density at radius 1 is 1.09 bits per heavy atom. The number of nitrogens with two attached hydrogens (primary N) is 1. The second-order valence-corrected chi connectivity index (χ2v) is 8.63. The molecule has 0 saturated carbocycles. The van der Waals surface area contributed by atoms with Crippen molar-refractivity contribution >= 4 is 51.4 Å². The second-order valence-electron chi connectivity index (χ2n) is 6.68. The van der Waals surface area contributed by atoms with Crippen LogP contribution in [0.3, 0.4) is 0 Å². The lowest BCUT2D eigenvalue weighted by atomic mass is 10.1. The Labute approximate surface area is 200 Å². The van der Waals surface area contributed by atoms with Gasteiger partial charge < -0.3 is 25.8 Å². The molecule has 0 radical (unpaired) electrons. The van der Waals surface area contributed by atoms with Crippen LogP contribution in [0.1, 0.15) is 32.3 Å². The van der Waals surface area contributed by atoms with Crippen molar-refractivity contribution in [2.45, 2.75) is 44.5 Å². The summed E-state index contributed by atoms with van der Waals surface area (Å²) in [6, 6.07) is 5.99. The molecule has 0 fully saturated rings. The second kappa shape index (κ2) is 15.7. The third-order valence-corrected chi connectivity index (χ3v) is 5.74. The van der Waals surface area contributed by atoms with E-state index in [1.807, 2.05) is 24.3 Å². The van der Waals surface area contributed by atoms with Gasteiger partial charge in [-0.15, -0.1) is 0 Å². The van der Waals surface area contributed by atoms with Gasteiger partial charge >= 0.3 is 11.9 Å². The van der Waals surface area contributed by atoms with Crippen LogP contribution in [0.4, 0.5) is 0 Å². The number of halogens is 1. The monoisotopic (exact) mass is 531 g/mol. The maximum absolute atomic E-state index is 12.6. The number of rotatable bonds is 14. The zero-order chi connectivity index (χ0) is 23.9. The first-order valence-corrected chi connectivity index (χ1v) is 12.2. The minimum Gasteiger partial charge on any atom is -0.465 e. The molecular weight excluding hydrogens is 502 g/mol. The van der Waals surface area contributed by atoms with Crippen LogP contribution in [0, 0.1) is 0 Å². The van der Waals surface area contributed by atoms with Crippen molar-refractivity contribution < 1.29 is 28.7 Å². The average molecular weight is 532 g/mol. The number of thioether (sulfide) groups is 1. The lowest BCUT2D eigenvalue weighted by Gasteiger charge is -2.19. The molecule has 0 saturated heterocycles. The molecule has 2 amide bonds. The third-order valence-electron chi connectivity index (χ3n) is 4.10. The molecule has 0 aliphatic carbocycles. The average Bonchev–Trinajstić information content (AvgIpc) is 2.76. The van der Waals surface area contributed by atoms with Gasteiger partial charge in [0.2, 0.25) is 11.8 Å². The lowest BCUT2D eigenvalue weighted by Crippen LogP contribution is -2.49. The first-order valence-electron chi connectivity index (χ1n) is 10.2. The number of carbonyl (C=O) groups excluding carboxylic acids is 4. The number of benzene rings is 1. The van der Waals surface area contributed by atoms with Gasteiger partial charge in [0.25, 0.3) is 0 Å². The Bertz CT molecular complexity index is 762. The van der Waals surface area contributed by atoms with E-state index in [2.05, 4.69) is 26.6 Å². The number of esters is 2. The normalized spacial score (nSPS) is 12.4. The van der Waals surface area contributed by atoms with Crippen molar-refractivity contribution in [3.05, 3.63) is 34.3 Å². The minimum atomic E-state index is -0.913. The van der Waals surface area contributed by atoms with Crippen molar-refractivity contribution in [1.82, 2.24) is 10.6 Å². The molecule has 178 valence electrons. The van der Waals surface area contributed by atoms with Crippen LogP contribution in [0.25, 0.3) is 0 Å². The zero-order valence-electron chi connectivity index (χ0n) is 18.2. The molecule has 32 heavy (non-hydrogen) atoms. The summed E-state index contributed by atoms with van der Waals surface area (Å²) in [5.74, 6) is -1.13. The number of nitrogens with one attached hydrogen (secondary N) is 2. The molecule has 2 atom stereocenters. The summed E-state index contributed by atoms with van der Waals surface area (Å²) < 4.78 is 10.6. The van der Waals surface area contributed by atoms with E-state index >= 15 is 0 Å². The van der Waals surface area contributed by atoms with Crippen LogP contribution in [0.5, 0.6) is 0 Å². The molecule has 0 bridgehead atoms. The van der Waals surface area contributed by atoms with E-state index in [-0.39, 0.29) is 32.6 Å². The van der Waals surface area contributed by atoms with Crippen molar-refractivity contribution in [1.29, 1.82) is 0 Å². The lowest BCUT2D eigenvalue weighted by molar-refractivity contribution is -0.145. The number of ether oxygens (including phenoxy) is 2. The summed E-state index contributed by atoms with van der Waals surface area (Å²) in [7, 11) is 0. The minimum absolute atomic E-state index is 0.0426. The maximum Gasteiger partial charge on any atom is 0.325 e. The van der Waals surface area contributed by atoms with Gasteiger partial charge in [0.05, 0.1) is 13.2 Å². The highest BCUT2D eigenvalue weighted by atomic mass is 79.9. The molecule has 0 aliphatic heterocycles. The molecule has 9 nitrogen and oxygen atoms in total. The van der Waals surface area contributed by atoms with E-state index in [4.69, 9.17) is 15.2 Å². The topological polar surface area (TPSA) is 137 Å². The van der Waals surface area contributed by atoms with Gasteiger partial charge in [0.15, 0.2) is 0 Å². The molecule has 1 rings (SSSR count). The third kappa shape index (κ3) is 11.5. The Hall–Kier alpha value is -2.11. The number of amides is 2. The quantitative estimate of drug-likeness (QED) is 0.307. The molecule has 2 unspecified atom stereocenters. The molecule has 4 N–H and O–H groups in total. The Balaban J connectivity index is 2.63. The molecule has 1 aromatic carbocycles. The van der Waals surface area contributed by atoms with E-state index in [0.717, 1.165) is 10.0 Å². The number of carbonyl (C=O) groups is 4. The summed E-state index contributed by atoms with van der Waals surface area (Å²) in [4.78, 5) is 48.0. The zero-order valence-corrected chi connectivity index (χ0v) is 20.6. The Kier molecular flexibility index (Phi) is 13.7. The fraction of sp³-hybridized carbons (Fsp3) is 0.524. The van der Waals surface area contributed by atoms with Gasteiger partial charge in [-0.3, -0.25) is 19.2 Å². The standard InChI is InChI=1S/C21H30BrN3O6S/c1-3-30-19(27)11-24-20(28)17(13-32-12-14-5-7-15(22)8-6-14)25-18(26)10-9-16(23)21(29)31-4-2/h5-8,16-17H,3-4,9-13,23H2,1-2H3,(H,24,28)(H,25,26). The van der Waals surface area contributed by atoms with Crippen LogP contribution in [0.15, 0.2) is 28.7 Å². The Morgan fingerprint density at radius 3 is 2.38 bits per heavy atom. The summed E-state index contributed by atoms with van der Waals surface area (Å²) in [5.41, 5.74) is 6.78. The molecule has 0 spiro atoms. The molecule has 1 aromatic rings. The highest BCUT2D eigenvalue weighted by Gasteiger charge is 2.23. The molecular formula is C21H30BrN3O6S. The van der Waals surface area contributed by atoms with Crippen molar-refractivity contribution in [2.75, 3.05) is 25.5 Å². The first kappa shape index (κ1) is 27.9. The number of hydrogen-bond acceptors (Lipinski definition) is 8. The van der Waals surface area contributed by atoms with Crippen LogP contribution in [-0.4, -0.2) is 61.3 Å².